The summed E-state index contributed by atoms with van der Waals surface area (Å²) in [4.78, 5) is 8.72. The van der Waals surface area contributed by atoms with Crippen LogP contribution in [0.4, 0.5) is 0 Å². The minimum atomic E-state index is -0.651. The number of pyridine rings is 1. The highest BCUT2D eigenvalue weighted by molar-refractivity contribution is 6.31. The highest BCUT2D eigenvalue weighted by Crippen LogP contribution is 2.42. The van der Waals surface area contributed by atoms with Crippen molar-refractivity contribution in [1.29, 1.82) is 0 Å². The van der Waals surface area contributed by atoms with E-state index in [-0.39, 0.29) is 6.04 Å². The second-order valence-electron chi connectivity index (χ2n) is 5.41. The van der Waals surface area contributed by atoms with E-state index in [0.717, 1.165) is 22.5 Å². The number of nitrogens with zero attached hydrogens (tertiary/aromatic N) is 3. The number of hydrogen-bond acceptors (Lipinski definition) is 3. The smallest absolute Gasteiger partial charge is 0.0957 e. The molecule has 1 N–H and O–H groups in total. The lowest BCUT2D eigenvalue weighted by atomic mass is 9.99. The van der Waals surface area contributed by atoms with Gasteiger partial charge in [-0.05, 0) is 23.8 Å². The summed E-state index contributed by atoms with van der Waals surface area (Å²) in [6.45, 7) is 0. The van der Waals surface area contributed by atoms with Gasteiger partial charge in [0.1, 0.15) is 0 Å². The maximum atomic E-state index is 10.6. The van der Waals surface area contributed by atoms with Crippen molar-refractivity contribution in [3.8, 4) is 11.3 Å². The van der Waals surface area contributed by atoms with E-state index in [4.69, 9.17) is 11.6 Å². The van der Waals surface area contributed by atoms with E-state index in [9.17, 15) is 5.11 Å². The van der Waals surface area contributed by atoms with Gasteiger partial charge in [-0.1, -0.05) is 29.8 Å². The zero-order valence-corrected chi connectivity index (χ0v) is 12.5. The summed E-state index contributed by atoms with van der Waals surface area (Å²) in [5.41, 5.74) is 3.84. The standard InChI is InChI=1S/C17H14ClN3O/c18-13-6-2-1-4-11(13)16(22)8-14-17-12(5-3-7-20-17)15-9-19-10-21(14)15/h1-7,9-10,14,16,22H,8H2. The third kappa shape index (κ3) is 2.03. The van der Waals surface area contributed by atoms with Gasteiger partial charge in [0.2, 0.25) is 0 Å². The summed E-state index contributed by atoms with van der Waals surface area (Å²) in [7, 11) is 0. The summed E-state index contributed by atoms with van der Waals surface area (Å²) in [6.07, 6.45) is 5.27. The van der Waals surface area contributed by atoms with Crippen molar-refractivity contribution in [1.82, 2.24) is 14.5 Å². The molecule has 22 heavy (non-hydrogen) atoms. The fraction of sp³-hybridized carbons (Fsp3) is 0.176. The molecule has 1 aliphatic heterocycles. The molecule has 3 aromatic rings. The molecule has 5 heteroatoms. The number of aliphatic hydroxyl groups is 1. The molecule has 0 fully saturated rings. The van der Waals surface area contributed by atoms with Crippen LogP contribution in [0.5, 0.6) is 0 Å². The van der Waals surface area contributed by atoms with Crippen molar-refractivity contribution in [3.63, 3.8) is 0 Å². The first kappa shape index (κ1) is 13.5. The lowest BCUT2D eigenvalue weighted by Crippen LogP contribution is -2.11. The van der Waals surface area contributed by atoms with Gasteiger partial charge < -0.3 is 9.67 Å². The third-order valence-corrected chi connectivity index (χ3v) is 4.49. The number of aliphatic hydroxyl groups excluding tert-OH is 1. The molecule has 0 amide bonds. The lowest BCUT2D eigenvalue weighted by molar-refractivity contribution is 0.153. The van der Waals surface area contributed by atoms with Gasteiger partial charge in [0.15, 0.2) is 0 Å². The van der Waals surface area contributed by atoms with Crippen molar-refractivity contribution in [2.75, 3.05) is 0 Å². The summed E-state index contributed by atoms with van der Waals surface area (Å²) < 4.78 is 2.07. The van der Waals surface area contributed by atoms with Crippen LogP contribution in [0.3, 0.4) is 0 Å². The van der Waals surface area contributed by atoms with Gasteiger partial charge in [-0.15, -0.1) is 0 Å². The van der Waals surface area contributed by atoms with E-state index < -0.39 is 6.10 Å². The Labute approximate surface area is 133 Å². The normalized spacial score (nSPS) is 17.1. The molecule has 0 spiro atoms. The van der Waals surface area contributed by atoms with E-state index in [1.807, 2.05) is 36.5 Å². The van der Waals surface area contributed by atoms with E-state index in [0.29, 0.717) is 11.4 Å². The largest absolute Gasteiger partial charge is 0.388 e. The molecule has 2 unspecified atom stereocenters. The topological polar surface area (TPSA) is 50.9 Å². The zero-order valence-electron chi connectivity index (χ0n) is 11.7. The van der Waals surface area contributed by atoms with Crippen molar-refractivity contribution < 1.29 is 5.11 Å². The minimum absolute atomic E-state index is 0.0278. The monoisotopic (exact) mass is 311 g/mol. The van der Waals surface area contributed by atoms with Crippen LogP contribution in [0.1, 0.15) is 29.8 Å². The fourth-order valence-corrected chi connectivity index (χ4v) is 3.36. The maximum Gasteiger partial charge on any atom is 0.0957 e. The molecule has 0 saturated heterocycles. The predicted octanol–water partition coefficient (Wildman–Crippen LogP) is 3.63. The summed E-state index contributed by atoms with van der Waals surface area (Å²) in [5.74, 6) is 0. The number of rotatable bonds is 3. The molecule has 0 saturated carbocycles. The summed E-state index contributed by atoms with van der Waals surface area (Å²) in [5, 5.41) is 11.2. The Kier molecular flexibility index (Phi) is 3.21. The zero-order chi connectivity index (χ0) is 15.1. The van der Waals surface area contributed by atoms with E-state index >= 15 is 0 Å². The predicted molar refractivity (Wildman–Crippen MR) is 84.6 cm³/mol. The molecule has 0 aliphatic carbocycles. The molecule has 1 aliphatic rings. The van der Waals surface area contributed by atoms with Crippen LogP contribution in [0.2, 0.25) is 5.02 Å². The second kappa shape index (κ2) is 5.23. The molecule has 4 nitrogen and oxygen atoms in total. The number of imidazole rings is 1. The van der Waals surface area contributed by atoms with Crippen LogP contribution in [-0.2, 0) is 0 Å². The van der Waals surface area contributed by atoms with Gasteiger partial charge in [0.25, 0.3) is 0 Å². The van der Waals surface area contributed by atoms with Crippen LogP contribution in [0.25, 0.3) is 11.3 Å². The minimum Gasteiger partial charge on any atom is -0.388 e. The number of fused-ring (bicyclic) bond motifs is 3. The highest BCUT2D eigenvalue weighted by atomic mass is 35.5. The first-order chi connectivity index (χ1) is 10.8. The van der Waals surface area contributed by atoms with Gasteiger partial charge in [0, 0.05) is 23.2 Å². The Morgan fingerprint density at radius 3 is 2.95 bits per heavy atom. The number of hydrogen-bond donors (Lipinski definition) is 1. The van der Waals surface area contributed by atoms with Crippen LogP contribution < -0.4 is 0 Å². The molecule has 1 aromatic carbocycles. The molecule has 110 valence electrons. The lowest BCUT2D eigenvalue weighted by Gasteiger charge is -2.19. The average Bonchev–Trinajstić information content (AvgIpc) is 3.11. The fourth-order valence-electron chi connectivity index (χ4n) is 3.10. The van der Waals surface area contributed by atoms with Gasteiger partial charge in [0.05, 0.1) is 36.1 Å². The van der Waals surface area contributed by atoms with E-state index in [2.05, 4.69) is 14.5 Å². The maximum absolute atomic E-state index is 10.6. The van der Waals surface area contributed by atoms with Crippen LogP contribution in [0.15, 0.2) is 55.1 Å². The Morgan fingerprint density at radius 1 is 1.23 bits per heavy atom. The number of halogens is 1. The van der Waals surface area contributed by atoms with Gasteiger partial charge in [-0.2, -0.15) is 0 Å². The van der Waals surface area contributed by atoms with Gasteiger partial charge in [-0.25, -0.2) is 4.98 Å². The molecule has 0 bridgehead atoms. The Balaban J connectivity index is 1.71. The van der Waals surface area contributed by atoms with Crippen LogP contribution >= 0.6 is 11.6 Å². The number of aromatic nitrogens is 3. The second-order valence-corrected chi connectivity index (χ2v) is 5.82. The van der Waals surface area contributed by atoms with E-state index in [1.54, 1.807) is 18.6 Å². The van der Waals surface area contributed by atoms with Crippen molar-refractivity contribution in [2.45, 2.75) is 18.6 Å². The molecule has 2 aromatic heterocycles. The van der Waals surface area contributed by atoms with Crippen molar-refractivity contribution >= 4 is 11.6 Å². The quantitative estimate of drug-likeness (QED) is 0.803. The van der Waals surface area contributed by atoms with E-state index in [1.165, 1.54) is 0 Å². The molecular formula is C17H14ClN3O. The van der Waals surface area contributed by atoms with Crippen LogP contribution in [-0.4, -0.2) is 19.6 Å². The first-order valence-corrected chi connectivity index (χ1v) is 7.53. The van der Waals surface area contributed by atoms with Crippen molar-refractivity contribution in [2.24, 2.45) is 0 Å². The van der Waals surface area contributed by atoms with Crippen molar-refractivity contribution in [3.05, 3.63) is 71.4 Å². The highest BCUT2D eigenvalue weighted by Gasteiger charge is 2.31. The summed E-state index contributed by atoms with van der Waals surface area (Å²) in [6, 6.07) is 11.3. The number of benzene rings is 1. The van der Waals surface area contributed by atoms with Gasteiger partial charge >= 0.3 is 0 Å². The molecule has 4 rings (SSSR count). The summed E-state index contributed by atoms with van der Waals surface area (Å²) >= 11 is 6.19. The Hall–Kier alpha value is -2.17. The molecular weight excluding hydrogens is 298 g/mol. The third-order valence-electron chi connectivity index (χ3n) is 4.14. The molecule has 0 radical (unpaired) electrons. The Morgan fingerprint density at radius 2 is 2.09 bits per heavy atom. The molecule has 2 atom stereocenters. The SMILES string of the molecule is OC(CC1c2ncccc2-c2cncn21)c1ccccc1Cl. The first-order valence-electron chi connectivity index (χ1n) is 7.15. The average molecular weight is 312 g/mol. The Bertz CT molecular complexity index is 830. The van der Waals surface area contributed by atoms with Crippen LogP contribution in [0, 0.1) is 0 Å². The van der Waals surface area contributed by atoms with Gasteiger partial charge in [-0.3, -0.25) is 4.98 Å². The molecule has 3 heterocycles.